The standard InChI is InChI=1S/C15H14BrNOS/c1-10-14(7-8-17)15(11(2)19-10)9-18-13-5-3-12(16)4-6-13/h3-6H,7,9H2,1-2H3. The zero-order chi connectivity index (χ0) is 13.8. The van der Waals surface area contributed by atoms with Crippen molar-refractivity contribution >= 4 is 27.3 Å². The largest absolute Gasteiger partial charge is 0.489 e. The van der Waals surface area contributed by atoms with Crippen LogP contribution in [0.2, 0.25) is 0 Å². The predicted octanol–water partition coefficient (Wildman–Crippen LogP) is 4.77. The van der Waals surface area contributed by atoms with Crippen LogP contribution < -0.4 is 4.74 Å². The maximum atomic E-state index is 8.90. The second-order valence-electron chi connectivity index (χ2n) is 4.25. The van der Waals surface area contributed by atoms with E-state index in [0.717, 1.165) is 21.3 Å². The van der Waals surface area contributed by atoms with E-state index in [1.165, 1.54) is 9.75 Å². The number of benzene rings is 1. The lowest BCUT2D eigenvalue weighted by atomic mass is 10.1. The summed E-state index contributed by atoms with van der Waals surface area (Å²) in [5, 5.41) is 8.90. The molecule has 0 aliphatic carbocycles. The fourth-order valence-electron chi connectivity index (χ4n) is 1.96. The van der Waals surface area contributed by atoms with Crippen LogP contribution in [0.4, 0.5) is 0 Å². The molecule has 1 heterocycles. The molecule has 0 aliphatic heterocycles. The first kappa shape index (κ1) is 14.1. The summed E-state index contributed by atoms with van der Waals surface area (Å²) in [5.41, 5.74) is 2.29. The van der Waals surface area contributed by atoms with Crippen molar-refractivity contribution in [2.24, 2.45) is 0 Å². The van der Waals surface area contributed by atoms with Crippen LogP contribution >= 0.6 is 27.3 Å². The van der Waals surface area contributed by atoms with Crippen LogP contribution in [0.15, 0.2) is 28.7 Å². The number of nitrogens with zero attached hydrogens (tertiary/aromatic N) is 1. The third-order valence-electron chi connectivity index (χ3n) is 2.97. The zero-order valence-corrected chi connectivity index (χ0v) is 13.3. The molecule has 0 bridgehead atoms. The molecular weight excluding hydrogens is 322 g/mol. The Balaban J connectivity index is 2.15. The molecule has 0 radical (unpaired) electrons. The molecule has 98 valence electrons. The predicted molar refractivity (Wildman–Crippen MR) is 81.6 cm³/mol. The number of hydrogen-bond acceptors (Lipinski definition) is 3. The van der Waals surface area contributed by atoms with E-state index in [-0.39, 0.29) is 0 Å². The molecule has 0 atom stereocenters. The highest BCUT2D eigenvalue weighted by atomic mass is 79.9. The van der Waals surface area contributed by atoms with Gasteiger partial charge in [0.2, 0.25) is 0 Å². The molecule has 2 rings (SSSR count). The molecule has 2 nitrogen and oxygen atoms in total. The Kier molecular flexibility index (Phi) is 4.62. The minimum Gasteiger partial charge on any atom is -0.489 e. The molecule has 0 saturated heterocycles. The van der Waals surface area contributed by atoms with Crippen molar-refractivity contribution in [3.63, 3.8) is 0 Å². The smallest absolute Gasteiger partial charge is 0.119 e. The second kappa shape index (κ2) is 6.23. The van der Waals surface area contributed by atoms with Crippen LogP contribution in [0.5, 0.6) is 5.75 Å². The Labute approximate surface area is 125 Å². The lowest BCUT2D eigenvalue weighted by molar-refractivity contribution is 0.305. The van der Waals surface area contributed by atoms with E-state index in [0.29, 0.717) is 13.0 Å². The van der Waals surface area contributed by atoms with Crippen molar-refractivity contribution in [2.75, 3.05) is 0 Å². The van der Waals surface area contributed by atoms with Gasteiger partial charge in [-0.15, -0.1) is 11.3 Å². The first-order valence-electron chi connectivity index (χ1n) is 5.95. The average molecular weight is 336 g/mol. The van der Waals surface area contributed by atoms with Gasteiger partial charge in [-0.3, -0.25) is 0 Å². The highest BCUT2D eigenvalue weighted by molar-refractivity contribution is 9.10. The van der Waals surface area contributed by atoms with Gasteiger partial charge >= 0.3 is 0 Å². The number of thiophene rings is 1. The SMILES string of the molecule is Cc1sc(C)c(COc2ccc(Br)cc2)c1CC#N. The average Bonchev–Trinajstić information content (AvgIpc) is 2.65. The highest BCUT2D eigenvalue weighted by Crippen LogP contribution is 2.29. The van der Waals surface area contributed by atoms with Gasteiger partial charge in [-0.25, -0.2) is 0 Å². The summed E-state index contributed by atoms with van der Waals surface area (Å²) in [6.07, 6.45) is 0.454. The van der Waals surface area contributed by atoms with Crippen molar-refractivity contribution < 1.29 is 4.74 Å². The number of ether oxygens (including phenoxy) is 1. The monoisotopic (exact) mass is 335 g/mol. The maximum Gasteiger partial charge on any atom is 0.119 e. The van der Waals surface area contributed by atoms with Gasteiger partial charge in [-0.05, 0) is 43.7 Å². The fraction of sp³-hybridized carbons (Fsp3) is 0.267. The highest BCUT2D eigenvalue weighted by Gasteiger charge is 2.13. The number of nitriles is 1. The summed E-state index contributed by atoms with van der Waals surface area (Å²) in [7, 11) is 0. The molecular formula is C15H14BrNOS. The molecule has 1 aromatic heterocycles. The van der Waals surface area contributed by atoms with Gasteiger partial charge in [0.25, 0.3) is 0 Å². The van der Waals surface area contributed by atoms with Crippen molar-refractivity contribution in [1.82, 2.24) is 0 Å². The van der Waals surface area contributed by atoms with Crippen molar-refractivity contribution in [1.29, 1.82) is 5.26 Å². The van der Waals surface area contributed by atoms with Crippen molar-refractivity contribution in [2.45, 2.75) is 26.9 Å². The minimum absolute atomic E-state index is 0.454. The summed E-state index contributed by atoms with van der Waals surface area (Å²) in [6.45, 7) is 4.67. The van der Waals surface area contributed by atoms with Crippen LogP contribution in [0.3, 0.4) is 0 Å². The number of aryl methyl sites for hydroxylation is 2. The third-order valence-corrected chi connectivity index (χ3v) is 4.61. The fourth-order valence-corrected chi connectivity index (χ4v) is 3.31. The van der Waals surface area contributed by atoms with Gasteiger partial charge in [-0.1, -0.05) is 15.9 Å². The minimum atomic E-state index is 0.454. The van der Waals surface area contributed by atoms with E-state index in [1.54, 1.807) is 11.3 Å². The molecule has 0 aliphatic rings. The van der Waals surface area contributed by atoms with Crippen molar-refractivity contribution in [3.05, 3.63) is 49.6 Å². The van der Waals surface area contributed by atoms with Gasteiger partial charge in [0.15, 0.2) is 0 Å². The van der Waals surface area contributed by atoms with Crippen LogP contribution in [-0.4, -0.2) is 0 Å². The number of hydrogen-bond donors (Lipinski definition) is 0. The summed E-state index contributed by atoms with van der Waals surface area (Å²) < 4.78 is 6.84. The molecule has 0 spiro atoms. The third kappa shape index (κ3) is 3.37. The van der Waals surface area contributed by atoms with Crippen LogP contribution in [0.1, 0.15) is 20.9 Å². The van der Waals surface area contributed by atoms with Gasteiger partial charge in [0.1, 0.15) is 12.4 Å². The summed E-state index contributed by atoms with van der Waals surface area (Å²) in [4.78, 5) is 2.45. The molecule has 0 fully saturated rings. The van der Waals surface area contributed by atoms with Crippen LogP contribution in [0, 0.1) is 25.2 Å². The Morgan fingerprint density at radius 2 is 1.79 bits per heavy atom. The van der Waals surface area contributed by atoms with Crippen molar-refractivity contribution in [3.8, 4) is 11.8 Å². The first-order chi connectivity index (χ1) is 9.11. The molecule has 0 amide bonds. The lowest BCUT2D eigenvalue weighted by Crippen LogP contribution is -1.99. The van der Waals surface area contributed by atoms with E-state index in [9.17, 15) is 0 Å². The summed E-state index contributed by atoms with van der Waals surface area (Å²) in [6, 6.07) is 10.0. The lowest BCUT2D eigenvalue weighted by Gasteiger charge is -2.08. The van der Waals surface area contributed by atoms with Gasteiger partial charge in [0.05, 0.1) is 12.5 Å². The number of halogens is 1. The van der Waals surface area contributed by atoms with Gasteiger partial charge < -0.3 is 4.74 Å². The van der Waals surface area contributed by atoms with E-state index in [2.05, 4.69) is 35.8 Å². The van der Waals surface area contributed by atoms with Gasteiger partial charge in [-0.2, -0.15) is 5.26 Å². The molecule has 2 aromatic rings. The molecule has 0 saturated carbocycles. The van der Waals surface area contributed by atoms with E-state index in [4.69, 9.17) is 10.00 Å². The Morgan fingerprint density at radius 1 is 1.16 bits per heavy atom. The molecule has 1 aromatic carbocycles. The Hall–Kier alpha value is -1.31. The zero-order valence-electron chi connectivity index (χ0n) is 10.9. The van der Waals surface area contributed by atoms with Crippen LogP contribution in [-0.2, 0) is 13.0 Å². The van der Waals surface area contributed by atoms with E-state index < -0.39 is 0 Å². The van der Waals surface area contributed by atoms with Gasteiger partial charge in [0, 0.05) is 19.8 Å². The Morgan fingerprint density at radius 3 is 2.42 bits per heavy atom. The maximum absolute atomic E-state index is 8.90. The molecule has 0 N–H and O–H groups in total. The van der Waals surface area contributed by atoms with Crippen LogP contribution in [0.25, 0.3) is 0 Å². The topological polar surface area (TPSA) is 33.0 Å². The summed E-state index contributed by atoms with van der Waals surface area (Å²) in [5.74, 6) is 0.842. The number of rotatable bonds is 4. The quantitative estimate of drug-likeness (QED) is 0.805. The Bertz CT molecular complexity index is 610. The second-order valence-corrected chi connectivity index (χ2v) is 6.59. The molecule has 0 unspecified atom stereocenters. The molecule has 19 heavy (non-hydrogen) atoms. The van der Waals surface area contributed by atoms with E-state index >= 15 is 0 Å². The van der Waals surface area contributed by atoms with E-state index in [1.807, 2.05) is 24.3 Å². The molecule has 4 heteroatoms. The normalized spacial score (nSPS) is 10.2. The first-order valence-corrected chi connectivity index (χ1v) is 7.56. The summed E-state index contributed by atoms with van der Waals surface area (Å²) >= 11 is 5.13.